The van der Waals surface area contributed by atoms with Crippen molar-refractivity contribution in [2.75, 3.05) is 11.9 Å². The molecule has 0 saturated heterocycles. The summed E-state index contributed by atoms with van der Waals surface area (Å²) in [5, 5.41) is 16.9. The number of hydrogen-bond acceptors (Lipinski definition) is 5. The predicted molar refractivity (Wildman–Crippen MR) is 72.1 cm³/mol. The maximum atomic E-state index is 10.7. The monoisotopic (exact) mass is 263 g/mol. The first kappa shape index (κ1) is 12.5. The van der Waals surface area contributed by atoms with Crippen LogP contribution >= 0.6 is 11.3 Å². The maximum absolute atomic E-state index is 10.7. The quantitative estimate of drug-likeness (QED) is 0.665. The molecule has 0 atom stereocenters. The van der Waals surface area contributed by atoms with Crippen molar-refractivity contribution in [3.05, 3.63) is 50.5 Å². The third-order valence-corrected chi connectivity index (χ3v) is 3.41. The average Bonchev–Trinajstić information content (AvgIpc) is 2.84. The lowest BCUT2D eigenvalue weighted by Gasteiger charge is -2.08. The highest BCUT2D eigenvalue weighted by atomic mass is 32.1. The summed E-state index contributed by atoms with van der Waals surface area (Å²) in [5.74, 6) is 0. The van der Waals surface area contributed by atoms with Crippen molar-refractivity contribution in [3.63, 3.8) is 0 Å². The lowest BCUT2D eigenvalue weighted by molar-refractivity contribution is -0.384. The number of thiazole rings is 1. The number of aryl methyl sites for hydroxylation is 1. The molecule has 0 bridgehead atoms. The molecule has 1 heterocycles. The van der Waals surface area contributed by atoms with Crippen LogP contribution in [0.15, 0.2) is 29.8 Å². The Kier molecular flexibility index (Phi) is 3.88. The van der Waals surface area contributed by atoms with Gasteiger partial charge >= 0.3 is 0 Å². The van der Waals surface area contributed by atoms with Gasteiger partial charge in [-0.25, -0.2) is 4.98 Å². The summed E-state index contributed by atoms with van der Waals surface area (Å²) in [7, 11) is 0. The molecule has 0 saturated carbocycles. The van der Waals surface area contributed by atoms with Gasteiger partial charge in [-0.2, -0.15) is 0 Å². The van der Waals surface area contributed by atoms with Crippen molar-refractivity contribution >= 4 is 22.7 Å². The number of nitrogens with zero attached hydrogens (tertiary/aromatic N) is 2. The molecule has 0 spiro atoms. The van der Waals surface area contributed by atoms with Gasteiger partial charge in [0.1, 0.15) is 0 Å². The van der Waals surface area contributed by atoms with Gasteiger partial charge in [-0.05, 0) is 12.5 Å². The molecule has 18 heavy (non-hydrogen) atoms. The molecule has 0 aliphatic carbocycles. The van der Waals surface area contributed by atoms with Crippen molar-refractivity contribution in [1.29, 1.82) is 0 Å². The Morgan fingerprint density at radius 1 is 1.50 bits per heavy atom. The zero-order chi connectivity index (χ0) is 13.0. The topological polar surface area (TPSA) is 68.1 Å². The van der Waals surface area contributed by atoms with Crippen LogP contribution < -0.4 is 5.32 Å². The van der Waals surface area contributed by atoms with Crippen LogP contribution in [0, 0.1) is 17.0 Å². The second-order valence-corrected chi connectivity index (χ2v) is 4.84. The first-order valence-corrected chi connectivity index (χ1v) is 6.42. The molecule has 5 nitrogen and oxygen atoms in total. The Bertz CT molecular complexity index is 540. The van der Waals surface area contributed by atoms with Gasteiger partial charge in [0, 0.05) is 42.4 Å². The van der Waals surface area contributed by atoms with Crippen molar-refractivity contribution in [3.8, 4) is 0 Å². The van der Waals surface area contributed by atoms with Crippen LogP contribution in [0.25, 0.3) is 0 Å². The number of nitro benzene ring substituents is 1. The van der Waals surface area contributed by atoms with Gasteiger partial charge < -0.3 is 5.32 Å². The number of benzene rings is 1. The summed E-state index contributed by atoms with van der Waals surface area (Å²) < 4.78 is 0. The van der Waals surface area contributed by atoms with Crippen LogP contribution in [-0.4, -0.2) is 16.5 Å². The summed E-state index contributed by atoms with van der Waals surface area (Å²) in [6.07, 6.45) is 2.60. The molecule has 0 fully saturated rings. The first-order chi connectivity index (χ1) is 8.66. The van der Waals surface area contributed by atoms with Gasteiger partial charge in [-0.1, -0.05) is 6.07 Å². The van der Waals surface area contributed by atoms with Crippen LogP contribution in [0.3, 0.4) is 0 Å². The van der Waals surface area contributed by atoms with Gasteiger partial charge in [0.2, 0.25) is 0 Å². The zero-order valence-electron chi connectivity index (χ0n) is 9.92. The van der Waals surface area contributed by atoms with Gasteiger partial charge in [-0.3, -0.25) is 10.1 Å². The fourth-order valence-electron chi connectivity index (χ4n) is 1.59. The largest absolute Gasteiger partial charge is 0.384 e. The highest BCUT2D eigenvalue weighted by Gasteiger charge is 2.08. The molecule has 6 heteroatoms. The minimum atomic E-state index is -0.383. The molecule has 0 aliphatic rings. The van der Waals surface area contributed by atoms with Crippen molar-refractivity contribution in [2.45, 2.75) is 13.3 Å². The van der Waals surface area contributed by atoms with Crippen LogP contribution in [0.1, 0.15) is 10.6 Å². The van der Waals surface area contributed by atoms with E-state index in [0.717, 1.165) is 29.2 Å². The fourth-order valence-corrected chi connectivity index (χ4v) is 2.21. The van der Waals surface area contributed by atoms with Gasteiger partial charge in [-0.15, -0.1) is 11.3 Å². The number of non-ortho nitro benzene ring substituents is 1. The lowest BCUT2D eigenvalue weighted by atomic mass is 10.2. The molecule has 0 aliphatic heterocycles. The summed E-state index contributed by atoms with van der Waals surface area (Å²) >= 11 is 1.61. The minimum Gasteiger partial charge on any atom is -0.384 e. The third kappa shape index (κ3) is 3.04. The van der Waals surface area contributed by atoms with E-state index in [4.69, 9.17) is 0 Å². The minimum absolute atomic E-state index is 0.109. The van der Waals surface area contributed by atoms with E-state index in [1.165, 1.54) is 6.07 Å². The maximum Gasteiger partial charge on any atom is 0.271 e. The number of anilines is 1. The molecular weight excluding hydrogens is 250 g/mol. The van der Waals surface area contributed by atoms with Crippen molar-refractivity contribution in [1.82, 2.24) is 4.98 Å². The molecule has 0 amide bonds. The van der Waals surface area contributed by atoms with E-state index in [1.54, 1.807) is 29.7 Å². The summed E-state index contributed by atoms with van der Waals surface area (Å²) in [6, 6.07) is 4.84. The molecule has 2 aromatic rings. The summed E-state index contributed by atoms with van der Waals surface area (Å²) in [4.78, 5) is 14.5. The Labute approximate surface area is 109 Å². The zero-order valence-corrected chi connectivity index (χ0v) is 10.7. The third-order valence-electron chi connectivity index (χ3n) is 2.57. The number of rotatable bonds is 5. The molecule has 0 unspecified atom stereocenters. The number of aromatic nitrogens is 1. The molecule has 1 aromatic carbocycles. The van der Waals surface area contributed by atoms with Crippen LogP contribution in [0.5, 0.6) is 0 Å². The predicted octanol–water partition coefficient (Wildman–Crippen LogP) is 3.01. The van der Waals surface area contributed by atoms with Crippen LogP contribution in [0.2, 0.25) is 0 Å². The summed E-state index contributed by atoms with van der Waals surface area (Å²) in [6.45, 7) is 2.64. The number of hydrogen-bond donors (Lipinski definition) is 1. The average molecular weight is 263 g/mol. The van der Waals surface area contributed by atoms with E-state index in [1.807, 2.05) is 12.3 Å². The first-order valence-electron chi connectivity index (χ1n) is 5.54. The van der Waals surface area contributed by atoms with E-state index in [2.05, 4.69) is 10.3 Å². The Morgan fingerprint density at radius 2 is 2.33 bits per heavy atom. The smallest absolute Gasteiger partial charge is 0.271 e. The van der Waals surface area contributed by atoms with E-state index in [9.17, 15) is 10.1 Å². The molecular formula is C12H13N3O2S. The SMILES string of the molecule is Cc1ccc([N+](=O)[O-])cc1NCCc1nccs1. The molecule has 0 radical (unpaired) electrons. The second kappa shape index (κ2) is 5.59. The van der Waals surface area contributed by atoms with Crippen LogP contribution in [-0.2, 0) is 6.42 Å². The molecule has 1 N–H and O–H groups in total. The van der Waals surface area contributed by atoms with E-state index in [-0.39, 0.29) is 10.6 Å². The van der Waals surface area contributed by atoms with Crippen molar-refractivity contribution < 1.29 is 4.92 Å². The summed E-state index contributed by atoms with van der Waals surface area (Å²) in [5.41, 5.74) is 1.91. The highest BCUT2D eigenvalue weighted by Crippen LogP contribution is 2.21. The fraction of sp³-hybridized carbons (Fsp3) is 0.250. The second-order valence-electron chi connectivity index (χ2n) is 3.86. The molecule has 94 valence electrons. The van der Waals surface area contributed by atoms with E-state index < -0.39 is 0 Å². The Balaban J connectivity index is 2.00. The molecule has 2 rings (SSSR count). The molecule has 1 aromatic heterocycles. The van der Waals surface area contributed by atoms with Crippen LogP contribution in [0.4, 0.5) is 11.4 Å². The van der Waals surface area contributed by atoms with Gasteiger partial charge in [0.25, 0.3) is 5.69 Å². The standard InChI is InChI=1S/C12H13N3O2S/c1-9-2-3-10(15(16)17)8-11(9)13-5-4-12-14-6-7-18-12/h2-3,6-8,13H,4-5H2,1H3. The van der Waals surface area contributed by atoms with E-state index in [0.29, 0.717) is 0 Å². The normalized spacial score (nSPS) is 10.3. The number of nitrogens with one attached hydrogen (secondary N) is 1. The lowest BCUT2D eigenvalue weighted by Crippen LogP contribution is -2.06. The Hall–Kier alpha value is -1.95. The van der Waals surface area contributed by atoms with Gasteiger partial charge in [0.05, 0.1) is 9.93 Å². The van der Waals surface area contributed by atoms with E-state index >= 15 is 0 Å². The number of nitro groups is 1. The van der Waals surface area contributed by atoms with Crippen molar-refractivity contribution in [2.24, 2.45) is 0 Å². The Morgan fingerprint density at radius 3 is 3.00 bits per heavy atom. The van der Waals surface area contributed by atoms with Gasteiger partial charge in [0.15, 0.2) is 0 Å². The highest BCUT2D eigenvalue weighted by molar-refractivity contribution is 7.09.